The Kier molecular flexibility index (Phi) is 6.84. The first-order valence-corrected chi connectivity index (χ1v) is 6.64. The number of pyridine rings is 1. The van der Waals surface area contributed by atoms with Crippen LogP contribution in [-0.4, -0.2) is 4.98 Å². The third kappa shape index (κ3) is 6.01. The molecule has 0 radical (unpaired) electrons. The molecule has 2 rings (SSSR count). The lowest BCUT2D eigenvalue weighted by atomic mass is 10.2. The van der Waals surface area contributed by atoms with Crippen LogP contribution >= 0.6 is 0 Å². The maximum Gasteiger partial charge on any atom is 0.127 e. The minimum Gasteiger partial charge on any atom is -0.399 e. The lowest BCUT2D eigenvalue weighted by Crippen LogP contribution is -1.85. The molecule has 3 heteroatoms. The van der Waals surface area contributed by atoms with Crippen molar-refractivity contribution in [1.82, 2.24) is 4.98 Å². The van der Waals surface area contributed by atoms with Gasteiger partial charge in [-0.05, 0) is 36.3 Å². The van der Waals surface area contributed by atoms with E-state index in [2.05, 4.69) is 30.7 Å². The van der Waals surface area contributed by atoms with Crippen molar-refractivity contribution in [3.05, 3.63) is 59.7 Å². The zero-order valence-electron chi connectivity index (χ0n) is 11.9. The number of hydrogen-bond acceptors (Lipinski definition) is 2. The van der Waals surface area contributed by atoms with Gasteiger partial charge in [0.05, 0.1) is 0 Å². The van der Waals surface area contributed by atoms with Gasteiger partial charge in [0.1, 0.15) is 11.5 Å². The molecule has 1 aromatic carbocycles. The molecule has 0 aliphatic rings. The highest BCUT2D eigenvalue weighted by Crippen LogP contribution is 2.04. The Balaban J connectivity index is 0.000000444. The van der Waals surface area contributed by atoms with Crippen molar-refractivity contribution in [2.24, 2.45) is 0 Å². The number of hydrogen-bond donors (Lipinski definition) is 1. The highest BCUT2D eigenvalue weighted by Gasteiger charge is 1.91. The minimum absolute atomic E-state index is 0.336. The Hall–Kier alpha value is -2.34. The summed E-state index contributed by atoms with van der Waals surface area (Å²) in [5.41, 5.74) is 7.47. The molecule has 0 aliphatic carbocycles. The number of nitrogens with two attached hydrogens (primary N) is 1. The average Bonchev–Trinajstić information content (AvgIpc) is 2.47. The molecule has 0 saturated heterocycles. The predicted molar refractivity (Wildman–Crippen MR) is 81.6 cm³/mol. The van der Waals surface area contributed by atoms with Crippen molar-refractivity contribution in [2.45, 2.75) is 26.7 Å². The van der Waals surface area contributed by atoms with Crippen LogP contribution in [0, 0.1) is 17.7 Å². The Labute approximate surface area is 119 Å². The Morgan fingerprint density at radius 3 is 2.25 bits per heavy atom. The van der Waals surface area contributed by atoms with E-state index in [1.807, 2.05) is 12.1 Å². The molecule has 2 N–H and O–H groups in total. The van der Waals surface area contributed by atoms with Crippen LogP contribution in [0.5, 0.6) is 0 Å². The summed E-state index contributed by atoms with van der Waals surface area (Å²) in [6, 6.07) is 9.73. The molecule has 1 aromatic heterocycles. The highest BCUT2D eigenvalue weighted by molar-refractivity contribution is 5.46. The normalized spacial score (nSPS) is 8.95. The molecule has 0 saturated carbocycles. The third-order valence-corrected chi connectivity index (χ3v) is 2.47. The number of aromatic nitrogens is 1. The SMILES string of the molecule is CCCC.Nc1ccc(C#Cc2cc(F)ccn2)cc1. The molecule has 0 spiro atoms. The van der Waals surface area contributed by atoms with E-state index in [1.54, 1.807) is 12.1 Å². The molecule has 0 atom stereocenters. The fourth-order valence-electron chi connectivity index (χ4n) is 1.18. The number of anilines is 1. The lowest BCUT2D eigenvalue weighted by Gasteiger charge is -1.92. The number of benzene rings is 1. The molecule has 2 aromatic rings. The summed E-state index contributed by atoms with van der Waals surface area (Å²) < 4.78 is 12.8. The van der Waals surface area contributed by atoms with Crippen LogP contribution in [0.15, 0.2) is 42.6 Å². The topological polar surface area (TPSA) is 38.9 Å². The first kappa shape index (κ1) is 15.7. The second kappa shape index (κ2) is 8.71. The average molecular weight is 270 g/mol. The van der Waals surface area contributed by atoms with E-state index in [9.17, 15) is 4.39 Å². The minimum atomic E-state index is -0.336. The number of rotatable bonds is 1. The maximum atomic E-state index is 12.8. The van der Waals surface area contributed by atoms with E-state index >= 15 is 0 Å². The van der Waals surface area contributed by atoms with E-state index in [-0.39, 0.29) is 5.82 Å². The van der Waals surface area contributed by atoms with Gasteiger partial charge in [0, 0.05) is 23.5 Å². The second-order valence-corrected chi connectivity index (χ2v) is 4.23. The van der Waals surface area contributed by atoms with Gasteiger partial charge >= 0.3 is 0 Å². The van der Waals surface area contributed by atoms with E-state index in [0.717, 1.165) is 5.56 Å². The summed E-state index contributed by atoms with van der Waals surface area (Å²) in [4.78, 5) is 3.93. The van der Waals surface area contributed by atoms with Crippen LogP contribution < -0.4 is 5.73 Å². The van der Waals surface area contributed by atoms with Gasteiger partial charge in [-0.2, -0.15) is 0 Å². The van der Waals surface area contributed by atoms with Gasteiger partial charge < -0.3 is 5.73 Å². The van der Waals surface area contributed by atoms with Gasteiger partial charge in [0.2, 0.25) is 0 Å². The van der Waals surface area contributed by atoms with Crippen LogP contribution in [0.25, 0.3) is 0 Å². The van der Waals surface area contributed by atoms with Crippen LogP contribution in [0.3, 0.4) is 0 Å². The van der Waals surface area contributed by atoms with Crippen molar-refractivity contribution in [2.75, 3.05) is 5.73 Å². The van der Waals surface area contributed by atoms with Crippen molar-refractivity contribution in [3.63, 3.8) is 0 Å². The van der Waals surface area contributed by atoms with Gasteiger partial charge in [0.15, 0.2) is 0 Å². The van der Waals surface area contributed by atoms with Crippen molar-refractivity contribution in [1.29, 1.82) is 0 Å². The summed E-state index contributed by atoms with van der Waals surface area (Å²) in [6.07, 6.45) is 4.03. The largest absolute Gasteiger partial charge is 0.399 e. The number of halogens is 1. The van der Waals surface area contributed by atoms with Crippen molar-refractivity contribution in [3.8, 4) is 11.8 Å². The van der Waals surface area contributed by atoms with Gasteiger partial charge in [-0.1, -0.05) is 32.6 Å². The summed E-state index contributed by atoms with van der Waals surface area (Å²) in [5, 5.41) is 0. The molecule has 0 amide bonds. The predicted octanol–water partition coefficient (Wildman–Crippen LogP) is 4.01. The maximum absolute atomic E-state index is 12.8. The highest BCUT2D eigenvalue weighted by atomic mass is 19.1. The van der Waals surface area contributed by atoms with Gasteiger partial charge in [-0.25, -0.2) is 9.37 Å². The van der Waals surface area contributed by atoms with E-state index in [1.165, 1.54) is 31.2 Å². The first-order chi connectivity index (χ1) is 9.65. The summed E-state index contributed by atoms with van der Waals surface area (Å²) in [6.45, 7) is 4.36. The smallest absolute Gasteiger partial charge is 0.127 e. The monoisotopic (exact) mass is 270 g/mol. The molecule has 104 valence electrons. The summed E-state index contributed by atoms with van der Waals surface area (Å²) in [7, 11) is 0. The van der Waals surface area contributed by atoms with Crippen molar-refractivity contribution < 1.29 is 4.39 Å². The molecule has 0 aliphatic heterocycles. The fraction of sp³-hybridized carbons (Fsp3) is 0.235. The van der Waals surface area contributed by atoms with Crippen LogP contribution in [0.2, 0.25) is 0 Å². The zero-order valence-corrected chi connectivity index (χ0v) is 11.9. The third-order valence-electron chi connectivity index (χ3n) is 2.47. The molecule has 0 fully saturated rings. The second-order valence-electron chi connectivity index (χ2n) is 4.23. The van der Waals surface area contributed by atoms with Crippen LogP contribution in [0.4, 0.5) is 10.1 Å². The van der Waals surface area contributed by atoms with Crippen LogP contribution in [0.1, 0.15) is 37.9 Å². The van der Waals surface area contributed by atoms with E-state index in [0.29, 0.717) is 11.4 Å². The standard InChI is InChI=1S/C13H9FN2.C4H10/c14-11-7-8-16-13(9-11)6-3-10-1-4-12(15)5-2-10;1-3-4-2/h1-2,4-5,7-9H,15H2;3-4H2,1-2H3. The molecular weight excluding hydrogens is 251 g/mol. The number of nitrogens with zero attached hydrogens (tertiary/aromatic N) is 1. The zero-order chi connectivity index (χ0) is 14.8. The van der Waals surface area contributed by atoms with Gasteiger partial charge in [-0.3, -0.25) is 0 Å². The van der Waals surface area contributed by atoms with Crippen LogP contribution in [-0.2, 0) is 0 Å². The quantitative estimate of drug-likeness (QED) is 0.628. The molecule has 20 heavy (non-hydrogen) atoms. The Morgan fingerprint density at radius 2 is 1.70 bits per heavy atom. The molecule has 2 nitrogen and oxygen atoms in total. The van der Waals surface area contributed by atoms with E-state index in [4.69, 9.17) is 5.73 Å². The summed E-state index contributed by atoms with van der Waals surface area (Å²) >= 11 is 0. The fourth-order valence-corrected chi connectivity index (χ4v) is 1.18. The van der Waals surface area contributed by atoms with Crippen molar-refractivity contribution >= 4 is 5.69 Å². The first-order valence-electron chi connectivity index (χ1n) is 6.64. The molecule has 0 bridgehead atoms. The molecular formula is C17H19FN2. The molecule has 0 unspecified atom stereocenters. The Morgan fingerprint density at radius 1 is 1.05 bits per heavy atom. The van der Waals surface area contributed by atoms with Gasteiger partial charge in [-0.15, -0.1) is 0 Å². The number of unbranched alkanes of at least 4 members (excludes halogenated alkanes) is 1. The summed E-state index contributed by atoms with van der Waals surface area (Å²) in [5.74, 6) is 5.32. The Bertz CT molecular complexity index is 578. The van der Waals surface area contributed by atoms with Gasteiger partial charge in [0.25, 0.3) is 0 Å². The molecule has 1 heterocycles. The lowest BCUT2D eigenvalue weighted by molar-refractivity contribution is 0.625. The van der Waals surface area contributed by atoms with E-state index < -0.39 is 0 Å². The number of nitrogen functional groups attached to an aromatic ring is 1.